The van der Waals surface area contributed by atoms with Crippen LogP contribution >= 0.6 is 11.6 Å². The van der Waals surface area contributed by atoms with E-state index in [0.717, 1.165) is 26.3 Å². The van der Waals surface area contributed by atoms with Crippen molar-refractivity contribution in [2.45, 2.75) is 38.0 Å². The van der Waals surface area contributed by atoms with Crippen LogP contribution in [0, 0.1) is 0 Å². The molecule has 1 fully saturated rings. The summed E-state index contributed by atoms with van der Waals surface area (Å²) in [5, 5.41) is 0.361. The molecular formula is C11H22ClNO. The maximum Gasteiger partial charge on any atom is 0.0593 e. The largest absolute Gasteiger partial charge is 0.380 e. The van der Waals surface area contributed by atoms with Gasteiger partial charge in [0.05, 0.1) is 6.61 Å². The molecule has 84 valence electrons. The second kappa shape index (κ2) is 7.49. The third-order valence-electron chi connectivity index (χ3n) is 2.64. The molecule has 0 aromatic heterocycles. The molecule has 0 aliphatic carbocycles. The summed E-state index contributed by atoms with van der Waals surface area (Å²) in [5.41, 5.74) is 0. The molecule has 0 radical (unpaired) electrons. The number of ether oxygens (including phenoxy) is 1. The van der Waals surface area contributed by atoms with Crippen LogP contribution in [0.25, 0.3) is 0 Å². The Morgan fingerprint density at radius 2 is 2.29 bits per heavy atom. The summed E-state index contributed by atoms with van der Waals surface area (Å²) in [6.07, 6.45) is 4.81. The zero-order valence-corrected chi connectivity index (χ0v) is 9.93. The fourth-order valence-electron chi connectivity index (χ4n) is 1.74. The van der Waals surface area contributed by atoms with Gasteiger partial charge in [-0.25, -0.2) is 0 Å². The van der Waals surface area contributed by atoms with Crippen LogP contribution in [0.15, 0.2) is 0 Å². The van der Waals surface area contributed by atoms with Crippen LogP contribution in [-0.4, -0.2) is 43.1 Å². The molecule has 1 unspecified atom stereocenters. The van der Waals surface area contributed by atoms with E-state index in [4.69, 9.17) is 16.3 Å². The lowest BCUT2D eigenvalue weighted by Gasteiger charge is -2.29. The van der Waals surface area contributed by atoms with E-state index in [9.17, 15) is 0 Å². The molecule has 0 aromatic rings. The number of hydrogen-bond donors (Lipinski definition) is 0. The standard InChI is InChI=1S/C11H22ClNO/c1-2-3-8-14-9-7-13-6-4-5-11(12)10-13/h11H,2-10H2,1H3. The molecule has 1 aliphatic rings. The maximum atomic E-state index is 6.09. The molecule has 0 bridgehead atoms. The van der Waals surface area contributed by atoms with Gasteiger partial charge in [-0.3, -0.25) is 4.90 Å². The van der Waals surface area contributed by atoms with E-state index in [2.05, 4.69) is 11.8 Å². The highest BCUT2D eigenvalue weighted by Gasteiger charge is 2.16. The second-order valence-electron chi connectivity index (χ2n) is 4.01. The lowest BCUT2D eigenvalue weighted by atomic mass is 10.1. The van der Waals surface area contributed by atoms with Crippen molar-refractivity contribution in [3.05, 3.63) is 0 Å². The third-order valence-corrected chi connectivity index (χ3v) is 3.00. The Bertz CT molecular complexity index is 143. The van der Waals surface area contributed by atoms with Gasteiger partial charge in [0.1, 0.15) is 0 Å². The second-order valence-corrected chi connectivity index (χ2v) is 4.62. The lowest BCUT2D eigenvalue weighted by Crippen LogP contribution is -2.38. The molecule has 2 nitrogen and oxygen atoms in total. The number of likely N-dealkylation sites (tertiary alicyclic amines) is 1. The predicted molar refractivity (Wildman–Crippen MR) is 61.0 cm³/mol. The van der Waals surface area contributed by atoms with E-state index in [1.807, 2.05) is 0 Å². The van der Waals surface area contributed by atoms with E-state index in [1.54, 1.807) is 0 Å². The summed E-state index contributed by atoms with van der Waals surface area (Å²) in [5.74, 6) is 0. The van der Waals surface area contributed by atoms with Crippen molar-refractivity contribution in [3.63, 3.8) is 0 Å². The molecule has 0 aromatic carbocycles. The van der Waals surface area contributed by atoms with Crippen LogP contribution in [0.4, 0.5) is 0 Å². The normalized spacial score (nSPS) is 24.0. The van der Waals surface area contributed by atoms with Gasteiger partial charge in [-0.15, -0.1) is 11.6 Å². The Kier molecular flexibility index (Phi) is 6.57. The molecule has 0 spiro atoms. The molecule has 0 amide bonds. The van der Waals surface area contributed by atoms with Gasteiger partial charge in [0.15, 0.2) is 0 Å². The minimum atomic E-state index is 0.361. The van der Waals surface area contributed by atoms with E-state index < -0.39 is 0 Å². The van der Waals surface area contributed by atoms with Crippen LogP contribution < -0.4 is 0 Å². The molecule has 1 saturated heterocycles. The summed E-state index contributed by atoms with van der Waals surface area (Å²) in [4.78, 5) is 2.41. The molecule has 1 aliphatic heterocycles. The van der Waals surface area contributed by atoms with E-state index >= 15 is 0 Å². The first-order chi connectivity index (χ1) is 6.83. The summed E-state index contributed by atoms with van der Waals surface area (Å²) >= 11 is 6.09. The van der Waals surface area contributed by atoms with Gasteiger partial charge in [0, 0.05) is 25.1 Å². The van der Waals surface area contributed by atoms with Crippen LogP contribution in [0.2, 0.25) is 0 Å². The number of hydrogen-bond acceptors (Lipinski definition) is 2. The summed E-state index contributed by atoms with van der Waals surface area (Å²) in [6, 6.07) is 0. The molecule has 1 heterocycles. The molecule has 14 heavy (non-hydrogen) atoms. The van der Waals surface area contributed by atoms with Crippen LogP contribution in [-0.2, 0) is 4.74 Å². The smallest absolute Gasteiger partial charge is 0.0593 e. The molecule has 1 rings (SSSR count). The van der Waals surface area contributed by atoms with Gasteiger partial charge < -0.3 is 4.74 Å². The Morgan fingerprint density at radius 1 is 1.43 bits per heavy atom. The average Bonchev–Trinajstić information content (AvgIpc) is 2.18. The monoisotopic (exact) mass is 219 g/mol. The molecule has 3 heteroatoms. The van der Waals surface area contributed by atoms with Crippen LogP contribution in [0.3, 0.4) is 0 Å². The van der Waals surface area contributed by atoms with Gasteiger partial charge >= 0.3 is 0 Å². The molecular weight excluding hydrogens is 198 g/mol. The fourth-order valence-corrected chi connectivity index (χ4v) is 2.09. The Labute approximate surface area is 92.6 Å². The average molecular weight is 220 g/mol. The van der Waals surface area contributed by atoms with Crippen molar-refractivity contribution in [2.75, 3.05) is 32.8 Å². The Morgan fingerprint density at radius 3 is 3.00 bits per heavy atom. The van der Waals surface area contributed by atoms with Gasteiger partial charge in [0.2, 0.25) is 0 Å². The first-order valence-electron chi connectivity index (χ1n) is 5.77. The lowest BCUT2D eigenvalue weighted by molar-refractivity contribution is 0.0953. The Balaban J connectivity index is 1.95. The topological polar surface area (TPSA) is 12.5 Å². The van der Waals surface area contributed by atoms with E-state index in [1.165, 1.54) is 32.2 Å². The van der Waals surface area contributed by atoms with Gasteiger partial charge in [-0.2, -0.15) is 0 Å². The highest BCUT2D eigenvalue weighted by molar-refractivity contribution is 6.20. The minimum absolute atomic E-state index is 0.361. The molecule has 1 atom stereocenters. The molecule has 0 saturated carbocycles. The van der Waals surface area contributed by atoms with Crippen molar-refractivity contribution in [2.24, 2.45) is 0 Å². The van der Waals surface area contributed by atoms with Gasteiger partial charge in [-0.1, -0.05) is 13.3 Å². The number of halogens is 1. The summed E-state index contributed by atoms with van der Waals surface area (Å²) in [7, 11) is 0. The van der Waals surface area contributed by atoms with Crippen molar-refractivity contribution >= 4 is 11.6 Å². The first kappa shape index (κ1) is 12.3. The van der Waals surface area contributed by atoms with Crippen LogP contribution in [0.5, 0.6) is 0 Å². The predicted octanol–water partition coefficient (Wildman–Crippen LogP) is 2.51. The summed E-state index contributed by atoms with van der Waals surface area (Å²) < 4.78 is 5.53. The van der Waals surface area contributed by atoms with Crippen molar-refractivity contribution < 1.29 is 4.74 Å². The van der Waals surface area contributed by atoms with E-state index in [-0.39, 0.29) is 0 Å². The zero-order chi connectivity index (χ0) is 10.2. The zero-order valence-electron chi connectivity index (χ0n) is 9.17. The quantitative estimate of drug-likeness (QED) is 0.503. The van der Waals surface area contributed by atoms with Gasteiger partial charge in [-0.05, 0) is 25.8 Å². The highest BCUT2D eigenvalue weighted by atomic mass is 35.5. The fraction of sp³-hybridized carbons (Fsp3) is 1.00. The highest BCUT2D eigenvalue weighted by Crippen LogP contribution is 2.14. The number of piperidine rings is 1. The first-order valence-corrected chi connectivity index (χ1v) is 6.20. The number of rotatable bonds is 6. The number of unbranched alkanes of at least 4 members (excludes halogenated alkanes) is 1. The number of nitrogens with zero attached hydrogens (tertiary/aromatic N) is 1. The van der Waals surface area contributed by atoms with Crippen molar-refractivity contribution in [1.29, 1.82) is 0 Å². The van der Waals surface area contributed by atoms with E-state index in [0.29, 0.717) is 5.38 Å². The third kappa shape index (κ3) is 5.18. The van der Waals surface area contributed by atoms with Crippen molar-refractivity contribution in [3.8, 4) is 0 Å². The van der Waals surface area contributed by atoms with Crippen molar-refractivity contribution in [1.82, 2.24) is 4.90 Å². The Hall–Kier alpha value is 0.210. The summed E-state index contributed by atoms with van der Waals surface area (Å²) in [6.45, 7) is 7.25. The SMILES string of the molecule is CCCCOCCN1CCCC(Cl)C1. The van der Waals surface area contributed by atoms with Crippen LogP contribution in [0.1, 0.15) is 32.6 Å². The number of alkyl halides is 1. The maximum absolute atomic E-state index is 6.09. The molecule has 0 N–H and O–H groups in total. The minimum Gasteiger partial charge on any atom is -0.380 e. The van der Waals surface area contributed by atoms with Gasteiger partial charge in [0.25, 0.3) is 0 Å².